The van der Waals surface area contributed by atoms with Gasteiger partial charge in [0, 0.05) is 5.69 Å². The Morgan fingerprint density at radius 3 is 2.38 bits per heavy atom. The van der Waals surface area contributed by atoms with E-state index in [4.69, 9.17) is 16.3 Å². The van der Waals surface area contributed by atoms with E-state index in [1.54, 1.807) is 6.92 Å². The highest BCUT2D eigenvalue weighted by Gasteiger charge is 2.48. The molecule has 0 heterocycles. The first kappa shape index (κ1) is 18.3. The zero-order valence-electron chi connectivity index (χ0n) is 11.9. The van der Waals surface area contributed by atoms with Gasteiger partial charge in [0.05, 0.1) is 16.5 Å². The van der Waals surface area contributed by atoms with Gasteiger partial charge in [-0.25, -0.2) is 8.42 Å². The Kier molecular flexibility index (Phi) is 4.64. The van der Waals surface area contributed by atoms with Crippen LogP contribution >= 0.6 is 11.6 Å². The van der Waals surface area contributed by atoms with Crippen molar-refractivity contribution in [2.24, 2.45) is 0 Å². The van der Waals surface area contributed by atoms with Gasteiger partial charge >= 0.3 is 5.51 Å². The van der Waals surface area contributed by atoms with Crippen LogP contribution in [-0.2, 0) is 9.84 Å². The number of alkyl halides is 3. The average molecular weight is 384 g/mol. The smallest absolute Gasteiger partial charge is 0.488 e. The van der Waals surface area contributed by atoms with E-state index in [1.165, 1.54) is 0 Å². The summed E-state index contributed by atoms with van der Waals surface area (Å²) < 4.78 is 65.9. The maximum absolute atomic E-state index is 12.7. The maximum Gasteiger partial charge on any atom is 0.501 e. The quantitative estimate of drug-likeness (QED) is 0.797. The minimum absolute atomic E-state index is 0.0911. The van der Waals surface area contributed by atoms with Crippen LogP contribution in [0.4, 0.5) is 24.5 Å². The fourth-order valence-electron chi connectivity index (χ4n) is 1.82. The van der Waals surface area contributed by atoms with Crippen LogP contribution in [0, 0.1) is 0 Å². The number of hydrogen-bond donors (Lipinski definition) is 1. The third-order valence-electron chi connectivity index (χ3n) is 2.95. The molecule has 2 aromatic rings. The second-order valence-electron chi connectivity index (χ2n) is 4.51. The van der Waals surface area contributed by atoms with Crippen LogP contribution in [0.3, 0.4) is 0 Å². The van der Waals surface area contributed by atoms with Gasteiger partial charge in [-0.1, -0.05) is 11.6 Å². The predicted molar refractivity (Wildman–Crippen MR) is 80.5 cm³/mol. The molecule has 0 aliphatic heterocycles. The summed E-state index contributed by atoms with van der Waals surface area (Å²) in [7, 11) is -5.67. The summed E-state index contributed by atoms with van der Waals surface area (Å²) >= 11 is 5.54. The van der Waals surface area contributed by atoms with Gasteiger partial charge in [-0.2, -0.15) is 13.2 Å². The molecule has 0 bridgehead atoms. The van der Waals surface area contributed by atoms with E-state index in [0.717, 1.165) is 12.1 Å². The highest BCUT2D eigenvalue weighted by atomic mass is 35.5. The van der Waals surface area contributed by atoms with Gasteiger partial charge in [0.2, 0.25) is 0 Å². The molecule has 0 radical (unpaired) electrons. The number of anilines is 2. The molecule has 130 valence electrons. The monoisotopic (exact) mass is 383 g/mol. The molecule has 0 unspecified atom stereocenters. The Hall–Kier alpha value is -2.07. The van der Waals surface area contributed by atoms with Crippen LogP contribution in [0.15, 0.2) is 32.7 Å². The lowest BCUT2D eigenvalue weighted by Crippen LogP contribution is -2.35. The molecule has 0 aliphatic carbocycles. The molecule has 2 rings (SSSR count). The lowest BCUT2D eigenvalue weighted by atomic mass is 10.2. The van der Waals surface area contributed by atoms with Crippen LogP contribution in [0.2, 0.25) is 5.02 Å². The van der Waals surface area contributed by atoms with Crippen molar-refractivity contribution in [3.8, 4) is 5.75 Å². The third kappa shape index (κ3) is 2.98. The molecule has 0 atom stereocenters. The molecule has 11 heteroatoms. The van der Waals surface area contributed by atoms with Crippen molar-refractivity contribution in [3.63, 3.8) is 0 Å². The molecule has 2 aromatic carbocycles. The van der Waals surface area contributed by atoms with Crippen LogP contribution in [0.25, 0.3) is 0 Å². The standard InChI is InChI=1S/C13H9ClF3NO5S/c1-2-23-12-9(10(19)11(12)20)18-6-3-4-7(14)8(5-6)24(21,22)13(15,16)17/h3-5,18H,2H2,1H3. The van der Waals surface area contributed by atoms with Crippen molar-refractivity contribution in [2.45, 2.75) is 17.3 Å². The van der Waals surface area contributed by atoms with Crippen molar-refractivity contribution in [2.75, 3.05) is 11.9 Å². The number of ether oxygens (including phenoxy) is 1. The van der Waals surface area contributed by atoms with Crippen LogP contribution < -0.4 is 20.9 Å². The highest BCUT2D eigenvalue weighted by molar-refractivity contribution is 7.92. The van der Waals surface area contributed by atoms with Gasteiger partial charge in [0.15, 0.2) is 5.75 Å². The lowest BCUT2D eigenvalue weighted by molar-refractivity contribution is -0.0435. The highest BCUT2D eigenvalue weighted by Crippen LogP contribution is 2.36. The normalized spacial score (nSPS) is 12.4. The topological polar surface area (TPSA) is 89.5 Å². The second kappa shape index (κ2) is 6.10. The van der Waals surface area contributed by atoms with Crippen molar-refractivity contribution in [3.05, 3.63) is 43.7 Å². The van der Waals surface area contributed by atoms with Gasteiger partial charge in [0.25, 0.3) is 20.7 Å². The molecule has 0 amide bonds. The SMILES string of the molecule is CCOc1c(Nc2ccc(Cl)c(S(=O)(=O)C(F)(F)F)c2)c(=O)c1=O. The Balaban J connectivity index is 2.46. The van der Waals surface area contributed by atoms with E-state index in [9.17, 15) is 31.2 Å². The maximum atomic E-state index is 12.7. The first-order chi connectivity index (χ1) is 11.0. The van der Waals surface area contributed by atoms with E-state index in [2.05, 4.69) is 5.32 Å². The van der Waals surface area contributed by atoms with Crippen molar-refractivity contribution in [1.29, 1.82) is 0 Å². The molecule has 0 aliphatic rings. The molecule has 0 saturated heterocycles. The number of benzene rings is 1. The Labute approximate surface area is 138 Å². The molecule has 0 fully saturated rings. The van der Waals surface area contributed by atoms with Gasteiger partial charge in [-0.3, -0.25) is 9.59 Å². The predicted octanol–water partition coefficient (Wildman–Crippen LogP) is 2.37. The summed E-state index contributed by atoms with van der Waals surface area (Å²) in [6.07, 6.45) is 0. The molecule has 0 spiro atoms. The van der Waals surface area contributed by atoms with Gasteiger partial charge < -0.3 is 10.1 Å². The minimum Gasteiger partial charge on any atom is -0.488 e. The van der Waals surface area contributed by atoms with Crippen LogP contribution in [0.5, 0.6) is 5.75 Å². The van der Waals surface area contributed by atoms with Crippen molar-refractivity contribution in [1.82, 2.24) is 0 Å². The molecule has 0 aromatic heterocycles. The molecular formula is C13H9ClF3NO5S. The number of rotatable bonds is 5. The zero-order valence-corrected chi connectivity index (χ0v) is 13.5. The average Bonchev–Trinajstić information content (AvgIpc) is 2.50. The number of sulfone groups is 1. The summed E-state index contributed by atoms with van der Waals surface area (Å²) in [6, 6.07) is 2.70. The number of nitrogens with one attached hydrogen (secondary N) is 1. The molecular weight excluding hydrogens is 375 g/mol. The Morgan fingerprint density at radius 1 is 1.21 bits per heavy atom. The molecule has 24 heavy (non-hydrogen) atoms. The van der Waals surface area contributed by atoms with Gasteiger partial charge in [-0.05, 0) is 25.1 Å². The minimum atomic E-state index is -5.67. The first-order valence-corrected chi connectivity index (χ1v) is 8.20. The van der Waals surface area contributed by atoms with Crippen molar-refractivity contribution < 1.29 is 26.3 Å². The first-order valence-electron chi connectivity index (χ1n) is 6.34. The summed E-state index contributed by atoms with van der Waals surface area (Å²) in [5, 5.41) is 1.75. The summed E-state index contributed by atoms with van der Waals surface area (Å²) in [4.78, 5) is 21.6. The molecule has 0 saturated carbocycles. The Bertz CT molecular complexity index is 961. The van der Waals surface area contributed by atoms with E-state index in [0.29, 0.717) is 6.07 Å². The van der Waals surface area contributed by atoms with E-state index >= 15 is 0 Å². The summed E-state index contributed by atoms with van der Waals surface area (Å²) in [5.74, 6) is -0.266. The third-order valence-corrected chi connectivity index (χ3v) is 4.92. The molecule has 6 nitrogen and oxygen atoms in total. The second-order valence-corrected chi connectivity index (χ2v) is 6.83. The Morgan fingerprint density at radius 2 is 1.83 bits per heavy atom. The number of hydrogen-bond acceptors (Lipinski definition) is 6. The lowest BCUT2D eigenvalue weighted by Gasteiger charge is -2.15. The summed E-state index contributed by atoms with van der Waals surface area (Å²) in [6.45, 7) is 1.66. The van der Waals surface area contributed by atoms with Gasteiger partial charge in [-0.15, -0.1) is 0 Å². The molecule has 1 N–H and O–H groups in total. The summed E-state index contributed by atoms with van der Waals surface area (Å²) in [5.41, 5.74) is -7.77. The van der Waals surface area contributed by atoms with E-state index in [1.807, 2.05) is 0 Å². The fraction of sp³-hybridized carbons (Fsp3) is 0.231. The van der Waals surface area contributed by atoms with Gasteiger partial charge in [0.1, 0.15) is 5.69 Å². The van der Waals surface area contributed by atoms with Crippen LogP contribution in [-0.4, -0.2) is 20.5 Å². The largest absolute Gasteiger partial charge is 0.501 e. The fourth-order valence-corrected chi connectivity index (χ4v) is 3.10. The van der Waals surface area contributed by atoms with Crippen molar-refractivity contribution >= 4 is 32.8 Å². The van der Waals surface area contributed by atoms with E-state index < -0.39 is 36.1 Å². The van der Waals surface area contributed by atoms with Crippen LogP contribution in [0.1, 0.15) is 6.92 Å². The number of halogens is 4. The zero-order chi connectivity index (χ0) is 18.3. The van der Waals surface area contributed by atoms with E-state index in [-0.39, 0.29) is 23.7 Å².